The highest BCUT2D eigenvalue weighted by atomic mass is 16.5. The highest BCUT2D eigenvalue weighted by molar-refractivity contribution is 5.46. The molecule has 0 amide bonds. The van der Waals surface area contributed by atoms with Gasteiger partial charge in [0.1, 0.15) is 0 Å². The molecule has 1 atom stereocenters. The van der Waals surface area contributed by atoms with Crippen molar-refractivity contribution in [3.63, 3.8) is 0 Å². The number of nitrogens with zero attached hydrogens (tertiary/aromatic N) is 1. The van der Waals surface area contributed by atoms with Crippen LogP contribution in [0.25, 0.3) is 0 Å². The fourth-order valence-corrected chi connectivity index (χ4v) is 1.03. The Kier molecular flexibility index (Phi) is 3.71. The van der Waals surface area contributed by atoms with Gasteiger partial charge in [0, 0.05) is 12.1 Å². The van der Waals surface area contributed by atoms with Gasteiger partial charge in [0.2, 0.25) is 0 Å². The van der Waals surface area contributed by atoms with E-state index in [-0.39, 0.29) is 6.10 Å². The third-order valence-corrected chi connectivity index (χ3v) is 1.82. The lowest BCUT2D eigenvalue weighted by Gasteiger charge is -2.09. The SMILES string of the molecule is Cc1ccc(OCCC(C)O)c(N)n1. The second-order valence-electron chi connectivity index (χ2n) is 3.32. The predicted octanol–water partition coefficient (Wildman–Crippen LogP) is 1.12. The molecule has 1 rings (SSSR count). The number of aliphatic hydroxyl groups excluding tert-OH is 1. The molecule has 0 aliphatic rings. The number of hydrogen-bond donors (Lipinski definition) is 2. The predicted molar refractivity (Wildman–Crippen MR) is 55.2 cm³/mol. The zero-order valence-electron chi connectivity index (χ0n) is 8.53. The molecule has 0 aliphatic heterocycles. The van der Waals surface area contributed by atoms with E-state index < -0.39 is 0 Å². The van der Waals surface area contributed by atoms with Crippen molar-refractivity contribution in [1.82, 2.24) is 4.98 Å². The van der Waals surface area contributed by atoms with Crippen LogP contribution in [0.15, 0.2) is 12.1 Å². The summed E-state index contributed by atoms with van der Waals surface area (Å²) in [6, 6.07) is 3.63. The lowest BCUT2D eigenvalue weighted by Crippen LogP contribution is -2.09. The van der Waals surface area contributed by atoms with Gasteiger partial charge in [-0.3, -0.25) is 0 Å². The molecule has 0 saturated carbocycles. The summed E-state index contributed by atoms with van der Waals surface area (Å²) in [6.07, 6.45) is 0.238. The highest BCUT2D eigenvalue weighted by Crippen LogP contribution is 2.18. The third-order valence-electron chi connectivity index (χ3n) is 1.82. The van der Waals surface area contributed by atoms with E-state index in [1.807, 2.05) is 13.0 Å². The minimum atomic E-state index is -0.352. The van der Waals surface area contributed by atoms with Crippen molar-refractivity contribution in [2.24, 2.45) is 0 Å². The number of hydrogen-bond acceptors (Lipinski definition) is 4. The van der Waals surface area contributed by atoms with Crippen LogP contribution in [0.2, 0.25) is 0 Å². The van der Waals surface area contributed by atoms with Crippen molar-refractivity contribution in [3.05, 3.63) is 17.8 Å². The van der Waals surface area contributed by atoms with Crippen LogP contribution in [-0.2, 0) is 0 Å². The molecular formula is C10H16N2O2. The van der Waals surface area contributed by atoms with Crippen LogP contribution in [0.5, 0.6) is 5.75 Å². The quantitative estimate of drug-likeness (QED) is 0.757. The molecule has 4 nitrogen and oxygen atoms in total. The number of nitrogens with two attached hydrogens (primary N) is 1. The average Bonchev–Trinajstić information content (AvgIpc) is 2.08. The van der Waals surface area contributed by atoms with Crippen LogP contribution in [0, 0.1) is 6.92 Å². The van der Waals surface area contributed by atoms with Gasteiger partial charge in [0.15, 0.2) is 11.6 Å². The fraction of sp³-hybridized carbons (Fsp3) is 0.500. The van der Waals surface area contributed by atoms with Crippen molar-refractivity contribution in [2.75, 3.05) is 12.3 Å². The van der Waals surface area contributed by atoms with Crippen LogP contribution in [-0.4, -0.2) is 22.8 Å². The van der Waals surface area contributed by atoms with E-state index >= 15 is 0 Å². The summed E-state index contributed by atoms with van der Waals surface area (Å²) >= 11 is 0. The van der Waals surface area contributed by atoms with Gasteiger partial charge in [0.05, 0.1) is 12.7 Å². The second-order valence-corrected chi connectivity index (χ2v) is 3.32. The van der Waals surface area contributed by atoms with Gasteiger partial charge in [-0.25, -0.2) is 4.98 Å². The minimum Gasteiger partial charge on any atom is -0.490 e. The Hall–Kier alpha value is -1.29. The molecule has 0 saturated heterocycles. The molecule has 0 aliphatic carbocycles. The second kappa shape index (κ2) is 4.81. The van der Waals surface area contributed by atoms with E-state index in [0.717, 1.165) is 5.69 Å². The topological polar surface area (TPSA) is 68.4 Å². The van der Waals surface area contributed by atoms with Gasteiger partial charge in [-0.1, -0.05) is 0 Å². The van der Waals surface area contributed by atoms with Crippen LogP contribution in [0.1, 0.15) is 19.0 Å². The molecule has 14 heavy (non-hydrogen) atoms. The third kappa shape index (κ3) is 3.22. The number of pyridine rings is 1. The number of aryl methyl sites for hydroxylation is 1. The van der Waals surface area contributed by atoms with Crippen LogP contribution in [0.4, 0.5) is 5.82 Å². The summed E-state index contributed by atoms with van der Waals surface area (Å²) in [5.74, 6) is 0.979. The summed E-state index contributed by atoms with van der Waals surface area (Å²) < 4.78 is 5.36. The van der Waals surface area contributed by atoms with Gasteiger partial charge in [0.25, 0.3) is 0 Å². The first-order valence-electron chi connectivity index (χ1n) is 4.63. The molecule has 0 spiro atoms. The van der Waals surface area contributed by atoms with Crippen molar-refractivity contribution >= 4 is 5.82 Å². The Morgan fingerprint density at radius 2 is 2.29 bits per heavy atom. The van der Waals surface area contributed by atoms with Gasteiger partial charge < -0.3 is 15.6 Å². The summed E-state index contributed by atoms with van der Waals surface area (Å²) in [5.41, 5.74) is 6.51. The summed E-state index contributed by atoms with van der Waals surface area (Å²) in [6.45, 7) is 4.04. The van der Waals surface area contributed by atoms with E-state index in [9.17, 15) is 0 Å². The average molecular weight is 196 g/mol. The van der Waals surface area contributed by atoms with E-state index in [0.29, 0.717) is 24.6 Å². The van der Waals surface area contributed by atoms with Gasteiger partial charge in [-0.05, 0) is 26.0 Å². The molecule has 3 N–H and O–H groups in total. The maximum Gasteiger partial charge on any atom is 0.166 e. The van der Waals surface area contributed by atoms with E-state index in [1.165, 1.54) is 0 Å². The van der Waals surface area contributed by atoms with Crippen LogP contribution < -0.4 is 10.5 Å². The molecule has 1 aromatic heterocycles. The molecule has 1 heterocycles. The first-order valence-corrected chi connectivity index (χ1v) is 4.63. The Labute approximate surface area is 83.7 Å². The van der Waals surface area contributed by atoms with E-state index in [2.05, 4.69) is 4.98 Å². The van der Waals surface area contributed by atoms with Crippen molar-refractivity contribution in [2.45, 2.75) is 26.4 Å². The van der Waals surface area contributed by atoms with E-state index in [1.54, 1.807) is 13.0 Å². The van der Waals surface area contributed by atoms with Gasteiger partial charge in [-0.2, -0.15) is 0 Å². The van der Waals surface area contributed by atoms with Crippen LogP contribution in [0.3, 0.4) is 0 Å². The Bertz CT molecular complexity index is 300. The van der Waals surface area contributed by atoms with Crippen molar-refractivity contribution in [1.29, 1.82) is 0 Å². The highest BCUT2D eigenvalue weighted by Gasteiger charge is 2.02. The number of aromatic nitrogens is 1. The maximum absolute atomic E-state index is 9.02. The first-order chi connectivity index (χ1) is 6.59. The molecule has 0 radical (unpaired) electrons. The van der Waals surface area contributed by atoms with Crippen LogP contribution >= 0.6 is 0 Å². The Morgan fingerprint density at radius 1 is 1.57 bits per heavy atom. The van der Waals surface area contributed by atoms with Crippen molar-refractivity contribution in [3.8, 4) is 5.75 Å². The summed E-state index contributed by atoms with van der Waals surface area (Å²) in [5, 5.41) is 9.02. The lowest BCUT2D eigenvalue weighted by molar-refractivity contribution is 0.156. The molecule has 1 unspecified atom stereocenters. The number of anilines is 1. The van der Waals surface area contributed by atoms with E-state index in [4.69, 9.17) is 15.6 Å². The fourth-order valence-electron chi connectivity index (χ4n) is 1.03. The molecule has 0 aromatic carbocycles. The molecule has 1 aromatic rings. The summed E-state index contributed by atoms with van der Waals surface area (Å²) in [4.78, 5) is 4.06. The normalized spacial score (nSPS) is 12.5. The molecule has 78 valence electrons. The lowest BCUT2D eigenvalue weighted by atomic mass is 10.3. The number of aliphatic hydroxyl groups is 1. The standard InChI is InChI=1S/C10H16N2O2/c1-7-3-4-9(10(11)12-7)14-6-5-8(2)13/h3-4,8,13H,5-6H2,1-2H3,(H2,11,12). The Morgan fingerprint density at radius 3 is 2.86 bits per heavy atom. The zero-order chi connectivity index (χ0) is 10.6. The van der Waals surface area contributed by atoms with Gasteiger partial charge in [-0.15, -0.1) is 0 Å². The molecule has 0 bridgehead atoms. The molecular weight excluding hydrogens is 180 g/mol. The number of ether oxygens (including phenoxy) is 1. The molecule has 4 heteroatoms. The molecule has 0 fully saturated rings. The smallest absolute Gasteiger partial charge is 0.166 e. The summed E-state index contributed by atoms with van der Waals surface area (Å²) in [7, 11) is 0. The maximum atomic E-state index is 9.02. The monoisotopic (exact) mass is 196 g/mol. The number of nitrogen functional groups attached to an aromatic ring is 1. The van der Waals surface area contributed by atoms with Crippen molar-refractivity contribution < 1.29 is 9.84 Å². The largest absolute Gasteiger partial charge is 0.490 e. The minimum absolute atomic E-state index is 0.352. The number of rotatable bonds is 4. The zero-order valence-corrected chi connectivity index (χ0v) is 8.53. The first kappa shape index (κ1) is 10.8. The van der Waals surface area contributed by atoms with Gasteiger partial charge >= 0.3 is 0 Å². The Balaban J connectivity index is 2.51.